The Kier molecular flexibility index (Phi) is 5.83. The van der Waals surface area contributed by atoms with Gasteiger partial charge >= 0.3 is 6.03 Å². The number of nitrogens with two attached hydrogens (primary N) is 1. The van der Waals surface area contributed by atoms with Crippen LogP contribution in [0.15, 0.2) is 60.8 Å². The third-order valence-electron chi connectivity index (χ3n) is 4.37. The first kappa shape index (κ1) is 20.8. The molecule has 0 saturated carbocycles. The number of aromatic nitrogens is 2. The highest BCUT2D eigenvalue weighted by Crippen LogP contribution is 2.38. The van der Waals surface area contributed by atoms with Crippen LogP contribution in [0.2, 0.25) is 5.02 Å². The molecule has 0 bridgehead atoms. The quantitative estimate of drug-likeness (QED) is 0.343. The summed E-state index contributed by atoms with van der Waals surface area (Å²) in [5, 5.41) is 6.60. The van der Waals surface area contributed by atoms with Crippen molar-refractivity contribution in [1.29, 1.82) is 0 Å². The normalized spacial score (nSPS) is 10.7. The van der Waals surface area contributed by atoms with Gasteiger partial charge in [-0.3, -0.25) is 0 Å². The Morgan fingerprint density at radius 2 is 1.84 bits per heavy atom. The summed E-state index contributed by atoms with van der Waals surface area (Å²) in [5.74, 6) is -0.166. The van der Waals surface area contributed by atoms with Gasteiger partial charge in [-0.15, -0.1) is 11.3 Å². The van der Waals surface area contributed by atoms with Crippen LogP contribution in [0.25, 0.3) is 21.7 Å². The average molecular weight is 454 g/mol. The number of rotatable bonds is 4. The maximum atomic E-state index is 14.4. The lowest BCUT2D eigenvalue weighted by atomic mass is 10.1. The van der Waals surface area contributed by atoms with E-state index in [1.54, 1.807) is 48.7 Å². The molecule has 0 atom stereocenters. The summed E-state index contributed by atoms with van der Waals surface area (Å²) in [4.78, 5) is 21.8. The molecular weight excluding hydrogens is 437 g/mol. The second kappa shape index (κ2) is 8.71. The molecule has 156 valence electrons. The number of nitrogens with one attached hydrogen (secondary N) is 2. The third-order valence-corrected chi connectivity index (χ3v) is 5.64. The number of pyridine rings is 1. The van der Waals surface area contributed by atoms with Crippen molar-refractivity contribution in [2.45, 2.75) is 6.92 Å². The molecule has 2 amide bonds. The zero-order valence-electron chi connectivity index (χ0n) is 16.3. The van der Waals surface area contributed by atoms with Gasteiger partial charge in [0, 0.05) is 22.5 Å². The van der Waals surface area contributed by atoms with Crippen molar-refractivity contribution < 1.29 is 9.18 Å². The zero-order valence-corrected chi connectivity index (χ0v) is 17.9. The summed E-state index contributed by atoms with van der Waals surface area (Å²) < 4.78 is 14.4. The fraction of sp³-hybridized carbons (Fsp3) is 0.0455. The number of anilines is 3. The Hall–Kier alpha value is -3.49. The molecule has 0 unspecified atom stereocenters. The summed E-state index contributed by atoms with van der Waals surface area (Å²) in [6.45, 7) is 1.89. The van der Waals surface area contributed by atoms with Gasteiger partial charge in [0.15, 0.2) is 0 Å². The van der Waals surface area contributed by atoms with E-state index in [0.717, 1.165) is 26.7 Å². The van der Waals surface area contributed by atoms with Crippen LogP contribution < -0.4 is 16.4 Å². The summed E-state index contributed by atoms with van der Waals surface area (Å²) >= 11 is 7.32. The second-order valence-electron chi connectivity index (χ2n) is 6.66. The van der Waals surface area contributed by atoms with Crippen molar-refractivity contribution in [3.05, 3.63) is 76.6 Å². The molecule has 0 spiro atoms. The number of thiazole rings is 1. The number of benzene rings is 2. The number of urea groups is 1. The number of halogens is 2. The maximum Gasteiger partial charge on any atom is 0.323 e. The van der Waals surface area contributed by atoms with Crippen LogP contribution in [0.5, 0.6) is 0 Å². The number of carbonyl (C=O) groups excluding carboxylic acids is 1. The Balaban J connectivity index is 1.63. The van der Waals surface area contributed by atoms with Crippen LogP contribution in [-0.2, 0) is 0 Å². The molecule has 2 aromatic heterocycles. The van der Waals surface area contributed by atoms with Gasteiger partial charge in [0.25, 0.3) is 0 Å². The number of hydrogen-bond acceptors (Lipinski definition) is 5. The fourth-order valence-corrected chi connectivity index (χ4v) is 4.06. The molecule has 2 aromatic carbocycles. The van der Waals surface area contributed by atoms with Crippen LogP contribution in [0.4, 0.5) is 26.4 Å². The van der Waals surface area contributed by atoms with Crippen LogP contribution in [0.3, 0.4) is 0 Å². The van der Waals surface area contributed by atoms with Gasteiger partial charge in [-0.2, -0.15) is 0 Å². The van der Waals surface area contributed by atoms with Crippen molar-refractivity contribution in [2.75, 3.05) is 16.4 Å². The highest BCUT2D eigenvalue weighted by Gasteiger charge is 2.16. The Morgan fingerprint density at radius 3 is 2.58 bits per heavy atom. The molecule has 0 aliphatic heterocycles. The highest BCUT2D eigenvalue weighted by molar-refractivity contribution is 7.15. The SMILES string of the molecule is Cc1nc(-c2ccnc(N)c2)c(-c2ccc(F)c(NC(=O)Nc3ccc(Cl)cc3)c2)s1. The molecule has 0 saturated heterocycles. The molecule has 6 nitrogen and oxygen atoms in total. The maximum absolute atomic E-state index is 14.4. The summed E-state index contributed by atoms with van der Waals surface area (Å²) in [7, 11) is 0. The first-order valence-corrected chi connectivity index (χ1v) is 10.4. The number of amides is 2. The first-order valence-electron chi connectivity index (χ1n) is 9.22. The van der Waals surface area contributed by atoms with E-state index in [9.17, 15) is 9.18 Å². The third kappa shape index (κ3) is 4.82. The van der Waals surface area contributed by atoms with Gasteiger partial charge < -0.3 is 16.4 Å². The first-order chi connectivity index (χ1) is 14.9. The molecule has 0 fully saturated rings. The lowest BCUT2D eigenvalue weighted by Gasteiger charge is -2.10. The molecule has 31 heavy (non-hydrogen) atoms. The minimum atomic E-state index is -0.569. The van der Waals surface area contributed by atoms with E-state index in [2.05, 4.69) is 20.6 Å². The Bertz CT molecular complexity index is 1260. The van der Waals surface area contributed by atoms with Gasteiger partial charge in [0.05, 0.1) is 21.3 Å². The van der Waals surface area contributed by atoms with Gasteiger partial charge in [-0.25, -0.2) is 19.2 Å². The predicted molar refractivity (Wildman–Crippen MR) is 124 cm³/mol. The summed E-state index contributed by atoms with van der Waals surface area (Å²) in [5.41, 5.74) is 8.66. The molecule has 0 radical (unpaired) electrons. The zero-order chi connectivity index (χ0) is 22.0. The number of carbonyl (C=O) groups is 1. The minimum Gasteiger partial charge on any atom is -0.384 e. The van der Waals surface area contributed by atoms with Crippen LogP contribution in [0.1, 0.15) is 5.01 Å². The number of nitrogens with zero attached hydrogens (tertiary/aromatic N) is 2. The lowest BCUT2D eigenvalue weighted by molar-refractivity contribution is 0.262. The summed E-state index contributed by atoms with van der Waals surface area (Å²) in [6, 6.07) is 14.1. The smallest absolute Gasteiger partial charge is 0.323 e. The van der Waals surface area contributed by atoms with Gasteiger partial charge in [-0.05, 0) is 61.0 Å². The van der Waals surface area contributed by atoms with E-state index >= 15 is 0 Å². The monoisotopic (exact) mass is 453 g/mol. The molecule has 2 heterocycles. The molecule has 4 aromatic rings. The largest absolute Gasteiger partial charge is 0.384 e. The fourth-order valence-electron chi connectivity index (χ4n) is 2.99. The number of aryl methyl sites for hydroxylation is 1. The van der Waals surface area contributed by atoms with Crippen LogP contribution in [0, 0.1) is 12.7 Å². The van der Waals surface area contributed by atoms with Crippen molar-refractivity contribution in [3.63, 3.8) is 0 Å². The molecule has 4 rings (SSSR count). The van der Waals surface area contributed by atoms with Crippen molar-refractivity contribution in [1.82, 2.24) is 9.97 Å². The Labute approximate surface area is 186 Å². The molecular formula is C22H17ClFN5OS. The lowest BCUT2D eigenvalue weighted by Crippen LogP contribution is -2.20. The molecule has 4 N–H and O–H groups in total. The van der Waals surface area contributed by atoms with Crippen LogP contribution in [-0.4, -0.2) is 16.0 Å². The van der Waals surface area contributed by atoms with E-state index < -0.39 is 11.8 Å². The minimum absolute atomic E-state index is 0.0511. The van der Waals surface area contributed by atoms with Crippen molar-refractivity contribution >= 4 is 46.2 Å². The standard InChI is InChI=1S/C22H17ClFN5OS/c1-12-27-20(13-8-9-26-19(25)11-13)21(31-12)14-2-7-17(24)18(10-14)29-22(30)28-16-5-3-15(23)4-6-16/h2-11H,1H3,(H2,25,26)(H2,28,29,30). The highest BCUT2D eigenvalue weighted by atomic mass is 35.5. The van der Waals surface area contributed by atoms with E-state index in [4.69, 9.17) is 17.3 Å². The number of nitrogen functional groups attached to an aromatic ring is 1. The van der Waals surface area contributed by atoms with E-state index in [1.165, 1.54) is 17.4 Å². The molecule has 0 aliphatic rings. The van der Waals surface area contributed by atoms with Gasteiger partial charge in [-0.1, -0.05) is 17.7 Å². The van der Waals surface area contributed by atoms with E-state index in [-0.39, 0.29) is 5.69 Å². The van der Waals surface area contributed by atoms with Crippen molar-refractivity contribution in [3.8, 4) is 21.7 Å². The topological polar surface area (TPSA) is 92.9 Å². The summed E-state index contributed by atoms with van der Waals surface area (Å²) in [6.07, 6.45) is 1.61. The van der Waals surface area contributed by atoms with Gasteiger partial charge in [0.1, 0.15) is 11.6 Å². The van der Waals surface area contributed by atoms with Crippen LogP contribution >= 0.6 is 22.9 Å². The second-order valence-corrected chi connectivity index (χ2v) is 8.30. The average Bonchev–Trinajstić information content (AvgIpc) is 3.13. The van der Waals surface area contributed by atoms with Crippen molar-refractivity contribution in [2.24, 2.45) is 0 Å². The van der Waals surface area contributed by atoms with E-state index in [0.29, 0.717) is 16.5 Å². The van der Waals surface area contributed by atoms with E-state index in [1.807, 2.05) is 13.0 Å². The molecule has 0 aliphatic carbocycles. The Morgan fingerprint density at radius 1 is 1.06 bits per heavy atom. The predicted octanol–water partition coefficient (Wildman–Crippen LogP) is 6.20. The number of hydrogen-bond donors (Lipinski definition) is 3. The van der Waals surface area contributed by atoms with Gasteiger partial charge in [0.2, 0.25) is 0 Å². The molecule has 9 heteroatoms.